The second-order valence-electron chi connectivity index (χ2n) is 6.38. The van der Waals surface area contributed by atoms with Gasteiger partial charge >= 0.3 is 0 Å². The van der Waals surface area contributed by atoms with Crippen molar-refractivity contribution in [3.05, 3.63) is 77.9 Å². The minimum atomic E-state index is -0.678. The van der Waals surface area contributed by atoms with E-state index >= 15 is 0 Å². The van der Waals surface area contributed by atoms with Crippen LogP contribution in [0.4, 0.5) is 0 Å². The van der Waals surface area contributed by atoms with Crippen LogP contribution < -0.4 is 0 Å². The molecule has 0 heterocycles. The highest BCUT2D eigenvalue weighted by atomic mass is 16.3. The minimum absolute atomic E-state index is 0.259. The number of benzene rings is 2. The highest BCUT2D eigenvalue weighted by molar-refractivity contribution is 5.68. The number of fused-ring (bicyclic) bond motifs is 1. The van der Waals surface area contributed by atoms with Gasteiger partial charge in [-0.2, -0.15) is 0 Å². The standard InChI is InChI=1S/C20H20O/c21-20(18-9-5-2-6-10-18)12-11-16-13-17(14-19(16)20)15-7-3-1-4-8-15/h1-10,14,16,19,21H,11-13H2/t16-,19+,20+/m0/s1. The molecule has 3 atom stereocenters. The van der Waals surface area contributed by atoms with Gasteiger partial charge in [0.2, 0.25) is 0 Å². The average Bonchev–Trinajstić information content (AvgIpc) is 3.11. The van der Waals surface area contributed by atoms with Crippen LogP contribution in [0.5, 0.6) is 0 Å². The molecule has 0 spiro atoms. The van der Waals surface area contributed by atoms with Gasteiger partial charge in [-0.25, -0.2) is 0 Å². The summed E-state index contributed by atoms with van der Waals surface area (Å²) in [4.78, 5) is 0. The van der Waals surface area contributed by atoms with Crippen molar-refractivity contribution >= 4 is 5.57 Å². The molecule has 1 N–H and O–H groups in total. The summed E-state index contributed by atoms with van der Waals surface area (Å²) < 4.78 is 0. The van der Waals surface area contributed by atoms with Crippen molar-refractivity contribution in [1.82, 2.24) is 0 Å². The first-order valence-electron chi connectivity index (χ1n) is 7.81. The SMILES string of the molecule is O[C@@]1(c2ccccc2)CC[C@H]2CC(c3ccccc3)=C[C@H]21. The summed E-state index contributed by atoms with van der Waals surface area (Å²) in [7, 11) is 0. The molecule has 0 radical (unpaired) electrons. The third kappa shape index (κ3) is 2.04. The number of hydrogen-bond donors (Lipinski definition) is 1. The van der Waals surface area contributed by atoms with Gasteiger partial charge in [0.15, 0.2) is 0 Å². The highest BCUT2D eigenvalue weighted by Crippen LogP contribution is 2.54. The first-order chi connectivity index (χ1) is 10.3. The Morgan fingerprint density at radius 2 is 1.57 bits per heavy atom. The second kappa shape index (κ2) is 4.85. The van der Waals surface area contributed by atoms with Crippen LogP contribution in [0.25, 0.3) is 5.57 Å². The van der Waals surface area contributed by atoms with E-state index in [1.165, 1.54) is 11.1 Å². The van der Waals surface area contributed by atoms with Crippen molar-refractivity contribution in [3.63, 3.8) is 0 Å². The molecule has 106 valence electrons. The van der Waals surface area contributed by atoms with Crippen LogP contribution in [-0.4, -0.2) is 5.11 Å². The van der Waals surface area contributed by atoms with Crippen molar-refractivity contribution in [3.8, 4) is 0 Å². The predicted octanol–water partition coefficient (Wildman–Crippen LogP) is 4.39. The third-order valence-electron chi connectivity index (χ3n) is 5.24. The molecule has 0 aliphatic heterocycles. The van der Waals surface area contributed by atoms with E-state index < -0.39 is 5.60 Å². The lowest BCUT2D eigenvalue weighted by Crippen LogP contribution is -2.30. The van der Waals surface area contributed by atoms with Crippen LogP contribution >= 0.6 is 0 Å². The van der Waals surface area contributed by atoms with Crippen molar-refractivity contribution < 1.29 is 5.11 Å². The largest absolute Gasteiger partial charge is 0.385 e. The Morgan fingerprint density at radius 1 is 0.905 bits per heavy atom. The summed E-state index contributed by atoms with van der Waals surface area (Å²) >= 11 is 0. The molecule has 1 saturated carbocycles. The lowest BCUT2D eigenvalue weighted by molar-refractivity contribution is 0.00952. The summed E-state index contributed by atoms with van der Waals surface area (Å²) in [6.07, 6.45) is 5.43. The molecule has 0 aromatic heterocycles. The van der Waals surface area contributed by atoms with Gasteiger partial charge in [-0.05, 0) is 41.9 Å². The van der Waals surface area contributed by atoms with E-state index in [9.17, 15) is 5.11 Å². The maximum Gasteiger partial charge on any atom is 0.0961 e. The second-order valence-corrected chi connectivity index (χ2v) is 6.38. The van der Waals surface area contributed by atoms with E-state index in [2.05, 4.69) is 48.5 Å². The van der Waals surface area contributed by atoms with Crippen LogP contribution in [0, 0.1) is 11.8 Å². The van der Waals surface area contributed by atoms with Gasteiger partial charge in [0, 0.05) is 5.92 Å². The molecule has 0 bridgehead atoms. The van der Waals surface area contributed by atoms with E-state index in [-0.39, 0.29) is 5.92 Å². The maximum atomic E-state index is 11.3. The molecule has 2 aliphatic rings. The van der Waals surface area contributed by atoms with Crippen LogP contribution in [0.3, 0.4) is 0 Å². The number of allylic oxidation sites excluding steroid dienone is 1. The first-order valence-corrected chi connectivity index (χ1v) is 7.81. The highest BCUT2D eigenvalue weighted by Gasteiger charge is 2.49. The van der Waals surface area contributed by atoms with Gasteiger partial charge in [0.1, 0.15) is 0 Å². The normalized spacial score (nSPS) is 31.0. The Bertz CT molecular complexity index is 659. The van der Waals surface area contributed by atoms with E-state index in [1.807, 2.05) is 18.2 Å². The van der Waals surface area contributed by atoms with Gasteiger partial charge in [-0.1, -0.05) is 66.7 Å². The van der Waals surface area contributed by atoms with Gasteiger partial charge < -0.3 is 5.11 Å². The average molecular weight is 276 g/mol. The van der Waals surface area contributed by atoms with Crippen molar-refractivity contribution in [2.75, 3.05) is 0 Å². The van der Waals surface area contributed by atoms with Crippen LogP contribution in [-0.2, 0) is 5.60 Å². The molecule has 0 amide bonds. The fourth-order valence-corrected chi connectivity index (χ4v) is 4.14. The van der Waals surface area contributed by atoms with Crippen molar-refractivity contribution in [2.24, 2.45) is 11.8 Å². The van der Waals surface area contributed by atoms with E-state index in [1.54, 1.807) is 0 Å². The molecule has 21 heavy (non-hydrogen) atoms. The molecular weight excluding hydrogens is 256 g/mol. The monoisotopic (exact) mass is 276 g/mol. The molecule has 4 rings (SSSR count). The summed E-state index contributed by atoms with van der Waals surface area (Å²) in [6.45, 7) is 0. The number of hydrogen-bond acceptors (Lipinski definition) is 1. The minimum Gasteiger partial charge on any atom is -0.385 e. The van der Waals surface area contributed by atoms with Gasteiger partial charge in [0.25, 0.3) is 0 Å². The zero-order valence-corrected chi connectivity index (χ0v) is 12.1. The molecule has 1 nitrogen and oxygen atoms in total. The summed E-state index contributed by atoms with van der Waals surface area (Å²) in [5, 5.41) is 11.3. The number of rotatable bonds is 2. The Hall–Kier alpha value is -1.86. The van der Waals surface area contributed by atoms with Gasteiger partial charge in [0.05, 0.1) is 5.60 Å². The van der Waals surface area contributed by atoms with Crippen LogP contribution in [0.2, 0.25) is 0 Å². The van der Waals surface area contributed by atoms with E-state index in [0.29, 0.717) is 5.92 Å². The van der Waals surface area contributed by atoms with Crippen molar-refractivity contribution in [2.45, 2.75) is 24.9 Å². The molecule has 0 saturated heterocycles. The Balaban J connectivity index is 1.71. The molecule has 2 aromatic carbocycles. The number of aliphatic hydroxyl groups is 1. The van der Waals surface area contributed by atoms with E-state index in [0.717, 1.165) is 24.8 Å². The molecule has 2 aliphatic carbocycles. The zero-order chi connectivity index (χ0) is 14.3. The summed E-state index contributed by atoms with van der Waals surface area (Å²) in [5.41, 5.74) is 3.10. The lowest BCUT2D eigenvalue weighted by Gasteiger charge is -2.29. The maximum absolute atomic E-state index is 11.3. The third-order valence-corrected chi connectivity index (χ3v) is 5.24. The Morgan fingerprint density at radius 3 is 2.29 bits per heavy atom. The molecule has 0 unspecified atom stereocenters. The van der Waals surface area contributed by atoms with Gasteiger partial charge in [-0.3, -0.25) is 0 Å². The fraction of sp³-hybridized carbons (Fsp3) is 0.300. The topological polar surface area (TPSA) is 20.2 Å². The molecular formula is C20H20O. The first kappa shape index (κ1) is 12.8. The summed E-state index contributed by atoms with van der Waals surface area (Å²) in [6, 6.07) is 20.8. The van der Waals surface area contributed by atoms with Gasteiger partial charge in [-0.15, -0.1) is 0 Å². The Kier molecular flexibility index (Phi) is 2.97. The van der Waals surface area contributed by atoms with Crippen LogP contribution in [0.15, 0.2) is 66.7 Å². The molecule has 1 heteroatoms. The Labute approximate surface area is 126 Å². The fourth-order valence-electron chi connectivity index (χ4n) is 4.14. The predicted molar refractivity (Wildman–Crippen MR) is 85.6 cm³/mol. The zero-order valence-electron chi connectivity index (χ0n) is 12.1. The van der Waals surface area contributed by atoms with Crippen LogP contribution in [0.1, 0.15) is 30.4 Å². The lowest BCUT2D eigenvalue weighted by atomic mass is 9.82. The quantitative estimate of drug-likeness (QED) is 0.862. The molecule has 2 aromatic rings. The van der Waals surface area contributed by atoms with E-state index in [4.69, 9.17) is 0 Å². The van der Waals surface area contributed by atoms with Crippen molar-refractivity contribution in [1.29, 1.82) is 0 Å². The smallest absolute Gasteiger partial charge is 0.0961 e. The summed E-state index contributed by atoms with van der Waals surface area (Å²) in [5.74, 6) is 0.848. The molecule has 1 fully saturated rings.